The molecule has 0 saturated heterocycles. The molecule has 0 amide bonds. The zero-order valence-corrected chi connectivity index (χ0v) is 10.1. The summed E-state index contributed by atoms with van der Waals surface area (Å²) in [6.45, 7) is 6.67. The molecular weight excluding hydrogens is 186 g/mol. The van der Waals surface area contributed by atoms with Crippen LogP contribution in [0.5, 0.6) is 0 Å². The Kier molecular flexibility index (Phi) is 3.83. The van der Waals surface area contributed by atoms with Gasteiger partial charge in [-0.1, -0.05) is 36.4 Å². The third kappa shape index (κ3) is 4.77. The summed E-state index contributed by atoms with van der Waals surface area (Å²) in [6.07, 6.45) is 6.00. The molecule has 0 aliphatic rings. The molecule has 0 atom stereocenters. The molecule has 0 saturated carbocycles. The average Bonchev–Trinajstić information content (AvgIpc) is 2.13. The molecule has 0 bridgehead atoms. The lowest BCUT2D eigenvalue weighted by Crippen LogP contribution is -2.15. The van der Waals surface area contributed by atoms with E-state index >= 15 is 0 Å². The molecule has 0 radical (unpaired) electrons. The number of allylic oxidation sites excluding steroid dienone is 1. The van der Waals surface area contributed by atoms with Crippen molar-refractivity contribution in [3.8, 4) is 0 Å². The number of nitrogens with zero attached hydrogens (tertiary/aromatic N) is 1. The van der Waals surface area contributed by atoms with E-state index in [1.165, 1.54) is 5.56 Å². The highest BCUT2D eigenvalue weighted by molar-refractivity contribution is 6.75. The maximum absolute atomic E-state index is 4.50. The Hall–Kier alpha value is -1.15. The molecule has 0 aromatic heterocycles. The van der Waals surface area contributed by atoms with Gasteiger partial charge in [0.1, 0.15) is 0 Å². The quantitative estimate of drug-likeness (QED) is 0.526. The van der Waals surface area contributed by atoms with Gasteiger partial charge in [0, 0.05) is 6.21 Å². The molecule has 2 heteroatoms. The second kappa shape index (κ2) is 4.91. The molecule has 14 heavy (non-hydrogen) atoms. The van der Waals surface area contributed by atoms with Crippen molar-refractivity contribution in [2.45, 2.75) is 19.6 Å². The zero-order valence-electron chi connectivity index (χ0n) is 9.07. The smallest absolute Gasteiger partial charge is 0.172 e. The maximum Gasteiger partial charge on any atom is 0.172 e. The van der Waals surface area contributed by atoms with E-state index in [4.69, 9.17) is 0 Å². The largest absolute Gasteiger partial charge is 0.329 e. The SMILES string of the molecule is C[Si](C)(C)N=CC=Cc1ccccc1. The van der Waals surface area contributed by atoms with Crippen LogP contribution in [0.1, 0.15) is 5.56 Å². The van der Waals surface area contributed by atoms with Crippen LogP contribution in [0.4, 0.5) is 0 Å². The lowest BCUT2D eigenvalue weighted by molar-refractivity contribution is 1.58. The Balaban J connectivity index is 2.54. The second-order valence-corrected chi connectivity index (χ2v) is 8.82. The fourth-order valence-electron chi connectivity index (χ4n) is 0.985. The Morgan fingerprint density at radius 3 is 2.29 bits per heavy atom. The van der Waals surface area contributed by atoms with Crippen LogP contribution in [0, 0.1) is 0 Å². The summed E-state index contributed by atoms with van der Waals surface area (Å²) in [7, 11) is -1.28. The normalized spacial score (nSPS) is 12.8. The fourth-order valence-corrected chi connectivity index (χ4v) is 1.52. The average molecular weight is 203 g/mol. The Bertz CT molecular complexity index is 320. The minimum Gasteiger partial charge on any atom is -0.329 e. The summed E-state index contributed by atoms with van der Waals surface area (Å²) in [5.41, 5.74) is 1.22. The number of rotatable bonds is 3. The molecule has 0 spiro atoms. The van der Waals surface area contributed by atoms with Crippen molar-refractivity contribution < 1.29 is 0 Å². The van der Waals surface area contributed by atoms with Gasteiger partial charge in [-0.05, 0) is 31.3 Å². The first-order valence-electron chi connectivity index (χ1n) is 4.85. The lowest BCUT2D eigenvalue weighted by atomic mass is 10.2. The lowest BCUT2D eigenvalue weighted by Gasteiger charge is -2.05. The summed E-state index contributed by atoms with van der Waals surface area (Å²) in [6, 6.07) is 10.3. The third-order valence-corrected chi connectivity index (χ3v) is 2.56. The van der Waals surface area contributed by atoms with E-state index in [0.717, 1.165) is 0 Å². The van der Waals surface area contributed by atoms with Crippen molar-refractivity contribution in [3.05, 3.63) is 42.0 Å². The monoisotopic (exact) mass is 203 g/mol. The molecule has 0 heterocycles. The minimum atomic E-state index is -1.28. The molecule has 0 N–H and O–H groups in total. The van der Waals surface area contributed by atoms with Gasteiger partial charge in [-0.25, -0.2) is 0 Å². The highest BCUT2D eigenvalue weighted by Crippen LogP contribution is 2.02. The second-order valence-electron chi connectivity index (χ2n) is 4.22. The molecule has 0 unspecified atom stereocenters. The summed E-state index contributed by atoms with van der Waals surface area (Å²) >= 11 is 0. The van der Waals surface area contributed by atoms with E-state index in [9.17, 15) is 0 Å². The molecular formula is C12H17NSi. The molecule has 1 aromatic carbocycles. The number of hydrogen-bond acceptors (Lipinski definition) is 1. The zero-order chi connectivity index (χ0) is 10.4. The summed E-state index contributed by atoms with van der Waals surface area (Å²) < 4.78 is 4.50. The van der Waals surface area contributed by atoms with Crippen LogP contribution in [0.2, 0.25) is 19.6 Å². The van der Waals surface area contributed by atoms with Gasteiger partial charge in [-0.2, -0.15) is 0 Å². The van der Waals surface area contributed by atoms with Gasteiger partial charge in [0.25, 0.3) is 0 Å². The Morgan fingerprint density at radius 2 is 1.71 bits per heavy atom. The van der Waals surface area contributed by atoms with Crippen LogP contribution in [0.15, 0.2) is 41.1 Å². The minimum absolute atomic E-state index is 1.22. The van der Waals surface area contributed by atoms with Crippen LogP contribution in [-0.4, -0.2) is 14.5 Å². The molecule has 1 aromatic rings. The van der Waals surface area contributed by atoms with Crippen molar-refractivity contribution in [1.29, 1.82) is 0 Å². The van der Waals surface area contributed by atoms with Crippen molar-refractivity contribution >= 4 is 20.5 Å². The van der Waals surface area contributed by atoms with Gasteiger partial charge < -0.3 is 4.66 Å². The van der Waals surface area contributed by atoms with Crippen molar-refractivity contribution in [2.75, 3.05) is 0 Å². The van der Waals surface area contributed by atoms with Gasteiger partial charge in [0.15, 0.2) is 8.24 Å². The van der Waals surface area contributed by atoms with Crippen molar-refractivity contribution in [2.24, 2.45) is 4.66 Å². The van der Waals surface area contributed by atoms with Gasteiger partial charge in [-0.3, -0.25) is 0 Å². The molecule has 74 valence electrons. The van der Waals surface area contributed by atoms with Gasteiger partial charge in [0.2, 0.25) is 0 Å². The van der Waals surface area contributed by atoms with E-state index in [2.05, 4.69) is 42.5 Å². The van der Waals surface area contributed by atoms with E-state index < -0.39 is 8.24 Å². The number of benzene rings is 1. The van der Waals surface area contributed by atoms with Gasteiger partial charge >= 0.3 is 0 Å². The predicted octanol–water partition coefficient (Wildman–Crippen LogP) is 3.61. The first-order chi connectivity index (χ1) is 6.58. The van der Waals surface area contributed by atoms with E-state index in [-0.39, 0.29) is 0 Å². The summed E-state index contributed by atoms with van der Waals surface area (Å²) in [5, 5.41) is 0. The maximum atomic E-state index is 4.50. The van der Waals surface area contributed by atoms with Crippen LogP contribution < -0.4 is 0 Å². The van der Waals surface area contributed by atoms with Gasteiger partial charge in [0.05, 0.1) is 0 Å². The summed E-state index contributed by atoms with van der Waals surface area (Å²) in [4.78, 5) is 0. The molecule has 0 fully saturated rings. The first kappa shape index (κ1) is 10.9. The topological polar surface area (TPSA) is 12.4 Å². The van der Waals surface area contributed by atoms with E-state index in [1.807, 2.05) is 30.5 Å². The van der Waals surface area contributed by atoms with E-state index in [1.54, 1.807) is 0 Å². The van der Waals surface area contributed by atoms with Crippen LogP contribution in [0.3, 0.4) is 0 Å². The molecule has 0 aliphatic heterocycles. The Morgan fingerprint density at radius 1 is 1.07 bits per heavy atom. The highest BCUT2D eigenvalue weighted by atomic mass is 28.3. The molecule has 1 nitrogen and oxygen atoms in total. The van der Waals surface area contributed by atoms with Crippen molar-refractivity contribution in [3.63, 3.8) is 0 Å². The highest BCUT2D eigenvalue weighted by Gasteiger charge is 2.07. The molecule has 0 aliphatic carbocycles. The Labute approximate surface area is 87.3 Å². The van der Waals surface area contributed by atoms with Crippen LogP contribution in [0.25, 0.3) is 6.08 Å². The standard InChI is InChI=1S/C12H17NSi/c1-14(2,3)13-11-7-10-12-8-5-4-6-9-12/h4-11H,1-3H3. The van der Waals surface area contributed by atoms with Crippen LogP contribution in [-0.2, 0) is 0 Å². The van der Waals surface area contributed by atoms with Gasteiger partial charge in [-0.15, -0.1) is 0 Å². The third-order valence-electron chi connectivity index (χ3n) is 1.64. The predicted molar refractivity (Wildman–Crippen MR) is 67.3 cm³/mol. The fraction of sp³-hybridized carbons (Fsp3) is 0.250. The van der Waals surface area contributed by atoms with E-state index in [0.29, 0.717) is 0 Å². The molecule has 1 rings (SSSR count). The summed E-state index contributed by atoms with van der Waals surface area (Å²) in [5.74, 6) is 0. The van der Waals surface area contributed by atoms with Crippen molar-refractivity contribution in [1.82, 2.24) is 0 Å². The first-order valence-corrected chi connectivity index (χ1v) is 8.30. The number of hydrogen-bond donors (Lipinski definition) is 0. The van der Waals surface area contributed by atoms with Crippen LogP contribution >= 0.6 is 0 Å².